The molecule has 0 amide bonds. The first-order valence-electron chi connectivity index (χ1n) is 9.94. The normalized spacial score (nSPS) is 15.1. The highest BCUT2D eigenvalue weighted by Crippen LogP contribution is 2.57. The van der Waals surface area contributed by atoms with Crippen LogP contribution in [0.5, 0.6) is 0 Å². The smallest absolute Gasteiger partial charge is 0.112 e. The van der Waals surface area contributed by atoms with Gasteiger partial charge in [-0.15, -0.1) is 0 Å². The van der Waals surface area contributed by atoms with Gasteiger partial charge in [0.2, 0.25) is 0 Å². The van der Waals surface area contributed by atoms with Gasteiger partial charge in [0, 0.05) is 0 Å². The van der Waals surface area contributed by atoms with Crippen molar-refractivity contribution in [3.05, 3.63) is 91.0 Å². The van der Waals surface area contributed by atoms with Crippen LogP contribution in [0.1, 0.15) is 32.1 Å². The van der Waals surface area contributed by atoms with E-state index >= 15 is 0 Å². The van der Waals surface area contributed by atoms with Crippen molar-refractivity contribution < 1.29 is 12.4 Å². The summed E-state index contributed by atoms with van der Waals surface area (Å²) < 4.78 is 0. The molecule has 4 rings (SSSR count). The van der Waals surface area contributed by atoms with E-state index in [0.29, 0.717) is 0 Å². The van der Waals surface area contributed by atoms with Gasteiger partial charge < -0.3 is 12.4 Å². The first-order valence-corrected chi connectivity index (χ1v) is 11.9. The summed E-state index contributed by atoms with van der Waals surface area (Å²) >= 11 is 0. The summed E-state index contributed by atoms with van der Waals surface area (Å²) in [6.07, 6.45) is 8.34. The maximum Gasteiger partial charge on any atom is 0.112 e. The second-order valence-corrected chi connectivity index (χ2v) is 11.0. The molecule has 0 nitrogen and oxygen atoms in total. The Morgan fingerprint density at radius 3 is 1.30 bits per heavy atom. The van der Waals surface area contributed by atoms with E-state index in [4.69, 9.17) is 0 Å². The molecule has 0 spiro atoms. The molecule has 140 valence electrons. The Morgan fingerprint density at radius 2 is 0.926 bits per heavy atom. The van der Waals surface area contributed by atoms with Crippen molar-refractivity contribution in [2.45, 2.75) is 32.1 Å². The van der Waals surface area contributed by atoms with Crippen LogP contribution in [0.25, 0.3) is 0 Å². The fourth-order valence-electron chi connectivity index (χ4n) is 4.57. The molecule has 1 aliphatic carbocycles. The van der Waals surface area contributed by atoms with E-state index in [9.17, 15) is 0 Å². The molecule has 0 radical (unpaired) electrons. The lowest BCUT2D eigenvalue weighted by atomic mass is 9.91. The third kappa shape index (κ3) is 4.29. The molecule has 0 aromatic heterocycles. The molecule has 1 saturated carbocycles. The molecule has 0 unspecified atom stereocenters. The molecule has 27 heavy (non-hydrogen) atoms. The highest BCUT2D eigenvalue weighted by Gasteiger charge is 2.46. The van der Waals surface area contributed by atoms with Crippen LogP contribution < -0.4 is 28.3 Å². The van der Waals surface area contributed by atoms with Gasteiger partial charge in [0.05, 0.1) is 6.16 Å². The molecule has 2 heteroatoms. The van der Waals surface area contributed by atoms with Crippen LogP contribution in [0.3, 0.4) is 0 Å². The monoisotopic (exact) mass is 394 g/mol. The second-order valence-electron chi connectivity index (χ2n) is 7.50. The third-order valence-electron chi connectivity index (χ3n) is 5.85. The number of hydrogen-bond acceptors (Lipinski definition) is 0. The lowest BCUT2D eigenvalue weighted by Gasteiger charge is -2.32. The Labute approximate surface area is 170 Å². The van der Waals surface area contributed by atoms with Crippen LogP contribution in [-0.4, -0.2) is 6.16 Å². The highest BCUT2D eigenvalue weighted by atomic mass is 35.5. The predicted octanol–water partition coefficient (Wildman–Crippen LogP) is 2.56. The van der Waals surface area contributed by atoms with Crippen LogP contribution in [0.2, 0.25) is 0 Å². The Bertz CT molecular complexity index is 699. The van der Waals surface area contributed by atoms with Crippen molar-refractivity contribution in [2.24, 2.45) is 5.92 Å². The molecule has 0 aliphatic heterocycles. The van der Waals surface area contributed by atoms with Crippen LogP contribution >= 0.6 is 7.26 Å². The molecule has 3 aromatic rings. The standard InChI is InChI=1S/C25H28P.ClH/c1-5-13-22(14-6-1)21-26(23-15-7-2-8-16-23,24-17-9-3-10-18-24)25-19-11-4-12-20-25;/h2-4,7-12,15-20,22H,1,5-6,13-14,21H2;1H/q+1;/p-1. The van der Waals surface area contributed by atoms with Crippen LogP contribution in [0, 0.1) is 5.92 Å². The van der Waals surface area contributed by atoms with Gasteiger partial charge in [-0.05, 0) is 55.2 Å². The summed E-state index contributed by atoms with van der Waals surface area (Å²) in [4.78, 5) is 0. The van der Waals surface area contributed by atoms with Crippen molar-refractivity contribution in [1.29, 1.82) is 0 Å². The SMILES string of the molecule is [Cl-].c1ccc([P+](CC2CCCCC2)(c2ccccc2)c2ccccc2)cc1. The lowest BCUT2D eigenvalue weighted by Crippen LogP contribution is -3.00. The maximum absolute atomic E-state index is 2.37. The van der Waals surface area contributed by atoms with Crippen molar-refractivity contribution in [1.82, 2.24) is 0 Å². The zero-order chi connectivity index (χ0) is 17.7. The molecule has 0 bridgehead atoms. The molecular formula is C25H28ClP. The molecule has 0 atom stereocenters. The van der Waals surface area contributed by atoms with Gasteiger partial charge in [-0.25, -0.2) is 0 Å². The van der Waals surface area contributed by atoms with Crippen LogP contribution in [-0.2, 0) is 0 Å². The number of benzene rings is 3. The minimum absolute atomic E-state index is 0. The average Bonchev–Trinajstić information content (AvgIpc) is 2.75. The lowest BCUT2D eigenvalue weighted by molar-refractivity contribution is -0.00000515. The zero-order valence-electron chi connectivity index (χ0n) is 15.8. The Balaban J connectivity index is 0.00000210. The van der Waals surface area contributed by atoms with Gasteiger partial charge in [-0.1, -0.05) is 73.9 Å². The molecule has 0 N–H and O–H groups in total. The molecule has 1 aliphatic rings. The van der Waals surface area contributed by atoms with E-state index in [1.165, 1.54) is 54.2 Å². The van der Waals surface area contributed by atoms with Gasteiger partial charge >= 0.3 is 0 Å². The van der Waals surface area contributed by atoms with Gasteiger partial charge in [-0.2, -0.15) is 0 Å². The molecular weight excluding hydrogens is 367 g/mol. The summed E-state index contributed by atoms with van der Waals surface area (Å²) in [5, 5.41) is 4.59. The topological polar surface area (TPSA) is 0 Å². The van der Waals surface area contributed by atoms with E-state index in [0.717, 1.165) is 5.92 Å². The Kier molecular flexibility index (Phi) is 7.11. The minimum atomic E-state index is -1.62. The van der Waals surface area contributed by atoms with Crippen molar-refractivity contribution in [2.75, 3.05) is 6.16 Å². The van der Waals surface area contributed by atoms with E-state index in [1.807, 2.05) is 0 Å². The highest BCUT2D eigenvalue weighted by molar-refractivity contribution is 7.95. The summed E-state index contributed by atoms with van der Waals surface area (Å²) in [6, 6.07) is 34.0. The van der Waals surface area contributed by atoms with Crippen molar-refractivity contribution in [3.63, 3.8) is 0 Å². The molecule has 0 heterocycles. The maximum atomic E-state index is 2.37. The van der Waals surface area contributed by atoms with Crippen LogP contribution in [0.15, 0.2) is 91.0 Å². The van der Waals surface area contributed by atoms with Gasteiger partial charge in [0.15, 0.2) is 0 Å². The zero-order valence-corrected chi connectivity index (χ0v) is 17.5. The fraction of sp³-hybridized carbons (Fsp3) is 0.280. The van der Waals surface area contributed by atoms with E-state index in [1.54, 1.807) is 0 Å². The second kappa shape index (κ2) is 9.54. The van der Waals surface area contributed by atoms with Gasteiger partial charge in [-0.3, -0.25) is 0 Å². The third-order valence-corrected chi connectivity index (χ3v) is 10.5. The van der Waals surface area contributed by atoms with Crippen LogP contribution in [0.4, 0.5) is 0 Å². The first-order chi connectivity index (χ1) is 12.9. The number of rotatable bonds is 5. The van der Waals surface area contributed by atoms with Crippen molar-refractivity contribution in [3.8, 4) is 0 Å². The van der Waals surface area contributed by atoms with Gasteiger partial charge in [0.25, 0.3) is 0 Å². The van der Waals surface area contributed by atoms with E-state index in [2.05, 4.69) is 91.0 Å². The van der Waals surface area contributed by atoms with Gasteiger partial charge in [0.1, 0.15) is 23.2 Å². The fourth-order valence-corrected chi connectivity index (χ4v) is 9.28. The average molecular weight is 395 g/mol. The molecule has 0 saturated heterocycles. The summed E-state index contributed by atoms with van der Waals surface area (Å²) in [5.41, 5.74) is 0. The van der Waals surface area contributed by atoms with E-state index in [-0.39, 0.29) is 12.4 Å². The first kappa shape index (κ1) is 20.1. The quantitative estimate of drug-likeness (QED) is 0.583. The molecule has 3 aromatic carbocycles. The predicted molar refractivity (Wildman–Crippen MR) is 117 cm³/mol. The summed E-state index contributed by atoms with van der Waals surface area (Å²) in [6.45, 7) is 0. The number of halogens is 1. The Hall–Kier alpha value is -1.62. The largest absolute Gasteiger partial charge is 1.00 e. The van der Waals surface area contributed by atoms with E-state index < -0.39 is 7.26 Å². The Morgan fingerprint density at radius 1 is 0.556 bits per heavy atom. The minimum Gasteiger partial charge on any atom is -1.00 e. The summed E-state index contributed by atoms with van der Waals surface area (Å²) in [7, 11) is -1.62. The number of hydrogen-bond donors (Lipinski definition) is 0. The molecule has 1 fully saturated rings. The summed E-state index contributed by atoms with van der Waals surface area (Å²) in [5.74, 6) is 0.845. The van der Waals surface area contributed by atoms with Crippen molar-refractivity contribution >= 4 is 23.2 Å².